The number of hydrogen-bond donors (Lipinski definition) is 1. The Balaban J connectivity index is 1.67. The summed E-state index contributed by atoms with van der Waals surface area (Å²) < 4.78 is 0. The van der Waals surface area contributed by atoms with Crippen molar-refractivity contribution in [1.29, 1.82) is 0 Å². The molecule has 4 amide bonds. The molecule has 1 spiro atoms. The zero-order chi connectivity index (χ0) is 14.6. The molecule has 0 aromatic carbocycles. The van der Waals surface area contributed by atoms with Gasteiger partial charge in [-0.25, -0.2) is 4.79 Å². The molecule has 0 atom stereocenters. The van der Waals surface area contributed by atoms with Gasteiger partial charge in [0.25, 0.3) is 0 Å². The van der Waals surface area contributed by atoms with E-state index in [-0.39, 0.29) is 17.9 Å². The summed E-state index contributed by atoms with van der Waals surface area (Å²) in [5.41, 5.74) is -0.950. The smallest absolute Gasteiger partial charge is 0.277 e. The SMILES string of the molecule is O=C1NC(=O)C2(CCCCC2)C(=O)N1C(C1CC1)C1CC1. The van der Waals surface area contributed by atoms with Gasteiger partial charge < -0.3 is 0 Å². The maximum Gasteiger partial charge on any atom is 0.331 e. The molecule has 3 aliphatic carbocycles. The van der Waals surface area contributed by atoms with Crippen LogP contribution in [0.15, 0.2) is 0 Å². The van der Waals surface area contributed by atoms with Crippen LogP contribution in [0.1, 0.15) is 57.8 Å². The number of imide groups is 2. The summed E-state index contributed by atoms with van der Waals surface area (Å²) in [7, 11) is 0. The first kappa shape index (κ1) is 13.3. The molecule has 1 aliphatic heterocycles. The van der Waals surface area contributed by atoms with E-state index in [4.69, 9.17) is 0 Å². The van der Waals surface area contributed by atoms with E-state index in [1.54, 1.807) is 0 Å². The number of carbonyl (C=O) groups is 3. The molecule has 1 saturated heterocycles. The van der Waals surface area contributed by atoms with Gasteiger partial charge in [-0.05, 0) is 50.4 Å². The van der Waals surface area contributed by atoms with Crippen LogP contribution < -0.4 is 5.32 Å². The monoisotopic (exact) mass is 290 g/mol. The minimum atomic E-state index is -0.950. The Morgan fingerprint density at radius 3 is 2.05 bits per heavy atom. The number of barbiturate groups is 1. The van der Waals surface area contributed by atoms with Crippen LogP contribution in [0, 0.1) is 17.3 Å². The topological polar surface area (TPSA) is 66.5 Å². The van der Waals surface area contributed by atoms with Gasteiger partial charge in [0.1, 0.15) is 5.41 Å². The Hall–Kier alpha value is -1.39. The molecule has 5 heteroatoms. The first-order chi connectivity index (χ1) is 10.1. The van der Waals surface area contributed by atoms with Crippen LogP contribution in [0.4, 0.5) is 4.79 Å². The van der Waals surface area contributed by atoms with Crippen LogP contribution in [0.3, 0.4) is 0 Å². The maximum absolute atomic E-state index is 13.1. The fourth-order valence-electron chi connectivity index (χ4n) is 4.25. The Labute approximate surface area is 124 Å². The van der Waals surface area contributed by atoms with E-state index in [1.165, 1.54) is 4.90 Å². The van der Waals surface area contributed by atoms with Crippen molar-refractivity contribution >= 4 is 17.8 Å². The summed E-state index contributed by atoms with van der Waals surface area (Å²) in [5, 5.41) is 2.49. The van der Waals surface area contributed by atoms with Gasteiger partial charge in [-0.2, -0.15) is 0 Å². The second kappa shape index (κ2) is 4.55. The lowest BCUT2D eigenvalue weighted by molar-refractivity contribution is -0.156. The normalized spacial score (nSPS) is 29.2. The van der Waals surface area contributed by atoms with Gasteiger partial charge in [0.2, 0.25) is 11.8 Å². The third-order valence-electron chi connectivity index (χ3n) is 5.72. The van der Waals surface area contributed by atoms with Crippen molar-refractivity contribution in [2.45, 2.75) is 63.8 Å². The molecular formula is C16H22N2O3. The summed E-state index contributed by atoms with van der Waals surface area (Å²) in [6, 6.07) is -0.422. The Bertz CT molecular complexity index is 490. The number of nitrogens with zero attached hydrogens (tertiary/aromatic N) is 1. The van der Waals surface area contributed by atoms with Crippen LogP contribution in [0.25, 0.3) is 0 Å². The number of nitrogens with one attached hydrogen (secondary N) is 1. The van der Waals surface area contributed by atoms with Crippen molar-refractivity contribution < 1.29 is 14.4 Å². The largest absolute Gasteiger partial charge is 0.331 e. The minimum absolute atomic E-state index is 0.0457. The van der Waals surface area contributed by atoms with Gasteiger partial charge in [-0.1, -0.05) is 19.3 Å². The molecule has 4 fully saturated rings. The van der Waals surface area contributed by atoms with Crippen molar-refractivity contribution in [2.75, 3.05) is 0 Å². The van der Waals surface area contributed by atoms with Crippen molar-refractivity contribution in [1.82, 2.24) is 10.2 Å². The number of rotatable bonds is 3. The first-order valence-electron chi connectivity index (χ1n) is 8.32. The van der Waals surface area contributed by atoms with Gasteiger partial charge >= 0.3 is 6.03 Å². The third kappa shape index (κ3) is 2.00. The molecule has 4 aliphatic rings. The lowest BCUT2D eigenvalue weighted by atomic mass is 9.71. The molecular weight excluding hydrogens is 268 g/mol. The van der Waals surface area contributed by atoms with Gasteiger partial charge in [0.15, 0.2) is 0 Å². The lowest BCUT2D eigenvalue weighted by Gasteiger charge is -2.44. The highest BCUT2D eigenvalue weighted by Gasteiger charge is 2.58. The van der Waals surface area contributed by atoms with Crippen LogP contribution in [-0.4, -0.2) is 28.8 Å². The number of amides is 4. The third-order valence-corrected chi connectivity index (χ3v) is 5.72. The van der Waals surface area contributed by atoms with E-state index in [0.29, 0.717) is 24.7 Å². The molecule has 0 bridgehead atoms. The van der Waals surface area contributed by atoms with E-state index < -0.39 is 11.4 Å². The van der Waals surface area contributed by atoms with Gasteiger partial charge in [-0.15, -0.1) is 0 Å². The summed E-state index contributed by atoms with van der Waals surface area (Å²) in [6.07, 6.45) is 8.52. The highest BCUT2D eigenvalue weighted by molar-refractivity contribution is 6.19. The molecule has 114 valence electrons. The summed E-state index contributed by atoms with van der Waals surface area (Å²) >= 11 is 0. The number of urea groups is 1. The molecule has 0 aromatic rings. The molecule has 3 saturated carbocycles. The predicted molar refractivity (Wildman–Crippen MR) is 75.1 cm³/mol. The fraction of sp³-hybridized carbons (Fsp3) is 0.812. The number of carbonyl (C=O) groups excluding carboxylic acids is 3. The lowest BCUT2D eigenvalue weighted by Crippen LogP contribution is -2.67. The Morgan fingerprint density at radius 2 is 1.52 bits per heavy atom. The van der Waals surface area contributed by atoms with Crippen LogP contribution in [0.2, 0.25) is 0 Å². The highest BCUT2D eigenvalue weighted by atomic mass is 16.2. The first-order valence-corrected chi connectivity index (χ1v) is 8.32. The van der Waals surface area contributed by atoms with Crippen molar-refractivity contribution in [3.63, 3.8) is 0 Å². The standard InChI is InChI=1S/C16H22N2O3/c19-13-16(8-2-1-3-9-16)14(20)18(15(21)17-13)12(10-4-5-10)11-6-7-11/h10-12H,1-9H2,(H,17,19,21). The molecule has 0 unspecified atom stereocenters. The average Bonchev–Trinajstić information content (AvgIpc) is 3.37. The van der Waals surface area contributed by atoms with Gasteiger partial charge in [0, 0.05) is 6.04 Å². The van der Waals surface area contributed by atoms with E-state index in [2.05, 4.69) is 5.32 Å². The number of hydrogen-bond acceptors (Lipinski definition) is 3. The second-order valence-corrected chi connectivity index (χ2v) is 7.24. The summed E-state index contributed by atoms with van der Waals surface area (Å²) in [4.78, 5) is 39.2. The average molecular weight is 290 g/mol. The van der Waals surface area contributed by atoms with Crippen molar-refractivity contribution in [3.05, 3.63) is 0 Å². The second-order valence-electron chi connectivity index (χ2n) is 7.24. The molecule has 1 N–H and O–H groups in total. The van der Waals surface area contributed by atoms with E-state index in [9.17, 15) is 14.4 Å². The quantitative estimate of drug-likeness (QED) is 0.810. The van der Waals surface area contributed by atoms with E-state index >= 15 is 0 Å². The molecule has 4 rings (SSSR count). The molecule has 21 heavy (non-hydrogen) atoms. The molecule has 1 heterocycles. The molecule has 0 aromatic heterocycles. The summed E-state index contributed by atoms with van der Waals surface area (Å²) in [5.74, 6) is 0.403. The van der Waals surface area contributed by atoms with Crippen molar-refractivity contribution in [3.8, 4) is 0 Å². The zero-order valence-electron chi connectivity index (χ0n) is 12.3. The van der Waals surface area contributed by atoms with E-state index in [1.807, 2.05) is 0 Å². The minimum Gasteiger partial charge on any atom is -0.277 e. The van der Waals surface area contributed by atoms with E-state index in [0.717, 1.165) is 44.9 Å². The molecule has 5 nitrogen and oxygen atoms in total. The summed E-state index contributed by atoms with van der Waals surface area (Å²) in [6.45, 7) is 0. The highest BCUT2D eigenvalue weighted by Crippen LogP contribution is 2.50. The van der Waals surface area contributed by atoms with Crippen LogP contribution in [-0.2, 0) is 9.59 Å². The van der Waals surface area contributed by atoms with Gasteiger partial charge in [0.05, 0.1) is 0 Å². The van der Waals surface area contributed by atoms with Crippen LogP contribution in [0.5, 0.6) is 0 Å². The molecule has 0 radical (unpaired) electrons. The van der Waals surface area contributed by atoms with Crippen LogP contribution >= 0.6 is 0 Å². The fourth-order valence-corrected chi connectivity index (χ4v) is 4.25. The van der Waals surface area contributed by atoms with Gasteiger partial charge in [-0.3, -0.25) is 19.8 Å². The maximum atomic E-state index is 13.1. The van der Waals surface area contributed by atoms with Crippen molar-refractivity contribution in [2.24, 2.45) is 17.3 Å². The predicted octanol–water partition coefficient (Wildman–Crippen LogP) is 2.20. The Morgan fingerprint density at radius 1 is 0.952 bits per heavy atom. The zero-order valence-corrected chi connectivity index (χ0v) is 12.3. The Kier molecular flexibility index (Phi) is 2.88.